The highest BCUT2D eigenvalue weighted by atomic mass is 14.9. The van der Waals surface area contributed by atoms with Gasteiger partial charge < -0.3 is 5.73 Å². The van der Waals surface area contributed by atoms with Crippen LogP contribution in [0.1, 0.15) is 20.8 Å². The fourth-order valence-corrected chi connectivity index (χ4v) is 0.806. The van der Waals surface area contributed by atoms with E-state index < -0.39 is 0 Å². The predicted molar refractivity (Wildman–Crippen MR) is 48.3 cm³/mol. The summed E-state index contributed by atoms with van der Waals surface area (Å²) >= 11 is 0. The van der Waals surface area contributed by atoms with Crippen LogP contribution in [-0.4, -0.2) is 6.21 Å². The smallest absolute Gasteiger partial charge is 0.125 e. The first-order chi connectivity index (χ1) is 5.01. The second kappa shape index (κ2) is 2.53. The first-order valence-corrected chi connectivity index (χ1v) is 3.72. The van der Waals surface area contributed by atoms with Gasteiger partial charge in [0.15, 0.2) is 0 Å². The van der Waals surface area contributed by atoms with Crippen LogP contribution in [0.4, 0.5) is 0 Å². The maximum absolute atomic E-state index is 5.63. The van der Waals surface area contributed by atoms with Crippen LogP contribution in [0.15, 0.2) is 28.5 Å². The second-order valence-corrected chi connectivity index (χ2v) is 3.48. The first kappa shape index (κ1) is 8.05. The summed E-state index contributed by atoms with van der Waals surface area (Å²) in [5.41, 5.74) is 6.69. The first-order valence-electron chi connectivity index (χ1n) is 3.72. The van der Waals surface area contributed by atoms with E-state index in [0.29, 0.717) is 5.82 Å². The molecule has 2 N–H and O–H groups in total. The Morgan fingerprint density at radius 1 is 1.45 bits per heavy atom. The van der Waals surface area contributed by atoms with Crippen LogP contribution in [0.2, 0.25) is 0 Å². The standard InChI is InChI=1S/C9H14N2/c1-7-4-5-9(2,3)6-11-8(7)10/h4-6H,10H2,1-3H3. The molecule has 1 aliphatic heterocycles. The third kappa shape index (κ3) is 1.93. The summed E-state index contributed by atoms with van der Waals surface area (Å²) in [5, 5.41) is 0. The maximum atomic E-state index is 5.63. The van der Waals surface area contributed by atoms with E-state index in [1.165, 1.54) is 0 Å². The molecule has 1 aliphatic rings. The number of nitrogens with two attached hydrogens (primary N) is 1. The minimum absolute atomic E-state index is 0.0301. The van der Waals surface area contributed by atoms with Crippen LogP contribution < -0.4 is 5.73 Å². The highest BCUT2D eigenvalue weighted by Gasteiger charge is 2.12. The average molecular weight is 150 g/mol. The summed E-state index contributed by atoms with van der Waals surface area (Å²) in [6.07, 6.45) is 5.99. The molecule has 0 aromatic heterocycles. The zero-order valence-corrected chi connectivity index (χ0v) is 7.26. The van der Waals surface area contributed by atoms with Gasteiger partial charge in [-0.25, -0.2) is 4.99 Å². The third-order valence-electron chi connectivity index (χ3n) is 1.70. The Hall–Kier alpha value is -1.05. The van der Waals surface area contributed by atoms with Gasteiger partial charge in [-0.05, 0) is 12.5 Å². The summed E-state index contributed by atoms with van der Waals surface area (Å²) in [6, 6.07) is 0. The highest BCUT2D eigenvalue weighted by Crippen LogP contribution is 2.19. The molecule has 60 valence electrons. The molecule has 0 aromatic carbocycles. The number of allylic oxidation sites excluding steroid dienone is 3. The molecule has 1 rings (SSSR count). The van der Waals surface area contributed by atoms with Crippen LogP contribution in [0.5, 0.6) is 0 Å². The van der Waals surface area contributed by atoms with Gasteiger partial charge in [0.1, 0.15) is 5.82 Å². The van der Waals surface area contributed by atoms with E-state index in [9.17, 15) is 0 Å². The van der Waals surface area contributed by atoms with Crippen molar-refractivity contribution in [3.05, 3.63) is 23.5 Å². The fourth-order valence-electron chi connectivity index (χ4n) is 0.806. The largest absolute Gasteiger partial charge is 0.383 e. The minimum Gasteiger partial charge on any atom is -0.383 e. The van der Waals surface area contributed by atoms with Crippen molar-refractivity contribution in [1.82, 2.24) is 0 Å². The molecule has 0 unspecified atom stereocenters. The van der Waals surface area contributed by atoms with E-state index in [0.717, 1.165) is 5.57 Å². The van der Waals surface area contributed by atoms with Crippen LogP contribution in [0, 0.1) is 5.41 Å². The Balaban J connectivity index is 3.01. The number of nitrogens with zero attached hydrogens (tertiary/aromatic N) is 1. The van der Waals surface area contributed by atoms with Crippen molar-refractivity contribution in [2.45, 2.75) is 20.8 Å². The minimum atomic E-state index is 0.0301. The summed E-state index contributed by atoms with van der Waals surface area (Å²) in [5.74, 6) is 0.617. The van der Waals surface area contributed by atoms with E-state index in [2.05, 4.69) is 24.9 Å². The molecule has 2 heteroatoms. The van der Waals surface area contributed by atoms with Crippen molar-refractivity contribution in [3.8, 4) is 0 Å². The molecule has 0 aromatic rings. The lowest BCUT2D eigenvalue weighted by molar-refractivity contribution is 0.694. The third-order valence-corrected chi connectivity index (χ3v) is 1.70. The summed E-state index contributed by atoms with van der Waals surface area (Å²) in [6.45, 7) is 6.16. The Morgan fingerprint density at radius 2 is 2.09 bits per heavy atom. The molecule has 11 heavy (non-hydrogen) atoms. The van der Waals surface area contributed by atoms with Gasteiger partial charge in [-0.3, -0.25) is 0 Å². The molecule has 0 atom stereocenters. The number of rotatable bonds is 0. The van der Waals surface area contributed by atoms with E-state index in [1.807, 2.05) is 19.2 Å². The quantitative estimate of drug-likeness (QED) is 0.562. The van der Waals surface area contributed by atoms with Crippen LogP contribution in [0.25, 0.3) is 0 Å². The molecule has 0 bridgehead atoms. The predicted octanol–water partition coefficient (Wildman–Crippen LogP) is 1.84. The molecule has 0 aliphatic carbocycles. The molecular weight excluding hydrogens is 136 g/mol. The maximum Gasteiger partial charge on any atom is 0.125 e. The van der Waals surface area contributed by atoms with Gasteiger partial charge in [-0.2, -0.15) is 0 Å². The normalized spacial score (nSPS) is 22.1. The van der Waals surface area contributed by atoms with Gasteiger partial charge in [-0.1, -0.05) is 26.0 Å². The van der Waals surface area contributed by atoms with Gasteiger partial charge >= 0.3 is 0 Å². The fraction of sp³-hybridized carbons (Fsp3) is 0.444. The molecule has 0 fully saturated rings. The van der Waals surface area contributed by atoms with Crippen LogP contribution >= 0.6 is 0 Å². The molecule has 0 spiro atoms. The van der Waals surface area contributed by atoms with Gasteiger partial charge in [0.2, 0.25) is 0 Å². The van der Waals surface area contributed by atoms with Gasteiger partial charge in [-0.15, -0.1) is 0 Å². The molecule has 0 saturated carbocycles. The van der Waals surface area contributed by atoms with Crippen molar-refractivity contribution in [2.75, 3.05) is 0 Å². The Labute approximate surface area is 67.5 Å². The summed E-state index contributed by atoms with van der Waals surface area (Å²) in [4.78, 5) is 4.13. The zero-order chi connectivity index (χ0) is 8.48. The number of hydrogen-bond acceptors (Lipinski definition) is 2. The van der Waals surface area contributed by atoms with Crippen molar-refractivity contribution >= 4 is 6.21 Å². The number of hydrogen-bond donors (Lipinski definition) is 1. The molecule has 1 heterocycles. The lowest BCUT2D eigenvalue weighted by Crippen LogP contribution is -2.08. The van der Waals surface area contributed by atoms with E-state index in [1.54, 1.807) is 0 Å². The van der Waals surface area contributed by atoms with E-state index in [-0.39, 0.29) is 5.41 Å². The summed E-state index contributed by atoms with van der Waals surface area (Å²) < 4.78 is 0. The SMILES string of the molecule is CC1=C(N)N=CC(C)(C)C=C1. The van der Waals surface area contributed by atoms with Crippen molar-refractivity contribution in [3.63, 3.8) is 0 Å². The van der Waals surface area contributed by atoms with Crippen LogP contribution in [-0.2, 0) is 0 Å². The van der Waals surface area contributed by atoms with Gasteiger partial charge in [0, 0.05) is 11.6 Å². The highest BCUT2D eigenvalue weighted by molar-refractivity contribution is 5.70. The Morgan fingerprint density at radius 3 is 2.73 bits per heavy atom. The Bertz CT molecular complexity index is 220. The lowest BCUT2D eigenvalue weighted by Gasteiger charge is -2.10. The van der Waals surface area contributed by atoms with Crippen molar-refractivity contribution < 1.29 is 0 Å². The average Bonchev–Trinajstić information content (AvgIpc) is 2.03. The Kier molecular flexibility index (Phi) is 1.85. The molecule has 0 saturated heterocycles. The lowest BCUT2D eigenvalue weighted by atomic mass is 9.95. The van der Waals surface area contributed by atoms with E-state index in [4.69, 9.17) is 5.73 Å². The molecule has 0 radical (unpaired) electrons. The molecular formula is C9H14N2. The van der Waals surface area contributed by atoms with E-state index >= 15 is 0 Å². The molecule has 2 nitrogen and oxygen atoms in total. The van der Waals surface area contributed by atoms with Crippen LogP contribution in [0.3, 0.4) is 0 Å². The molecule has 0 amide bonds. The monoisotopic (exact) mass is 150 g/mol. The number of aliphatic imine (C=N–C) groups is 1. The summed E-state index contributed by atoms with van der Waals surface area (Å²) in [7, 11) is 0. The second-order valence-electron chi connectivity index (χ2n) is 3.48. The zero-order valence-electron chi connectivity index (χ0n) is 7.26. The van der Waals surface area contributed by atoms with Gasteiger partial charge in [0.25, 0.3) is 0 Å². The van der Waals surface area contributed by atoms with Crippen molar-refractivity contribution in [1.29, 1.82) is 0 Å². The van der Waals surface area contributed by atoms with Crippen molar-refractivity contribution in [2.24, 2.45) is 16.1 Å². The van der Waals surface area contributed by atoms with Gasteiger partial charge in [0.05, 0.1) is 0 Å². The topological polar surface area (TPSA) is 38.4 Å².